The molecule has 0 aliphatic carbocycles. The second kappa shape index (κ2) is 8.05. The van der Waals surface area contributed by atoms with Crippen molar-refractivity contribution in [2.45, 2.75) is 13.0 Å². The maximum absolute atomic E-state index is 12.5. The molecule has 0 saturated carbocycles. The van der Waals surface area contributed by atoms with E-state index in [0.29, 0.717) is 29.8 Å². The second-order valence-corrected chi connectivity index (χ2v) is 6.14. The molecule has 3 rings (SSSR count). The van der Waals surface area contributed by atoms with Crippen LogP contribution in [0.2, 0.25) is 0 Å². The van der Waals surface area contributed by atoms with Crippen molar-refractivity contribution in [2.75, 3.05) is 19.7 Å². The SMILES string of the molecule is Cn1c(CN(CCO)CCc2ccccc2)nc2ccccc2c1=O. The van der Waals surface area contributed by atoms with E-state index < -0.39 is 0 Å². The molecule has 0 spiro atoms. The van der Waals surface area contributed by atoms with Crippen LogP contribution in [0.4, 0.5) is 0 Å². The Morgan fingerprint density at radius 1 is 1.04 bits per heavy atom. The molecule has 0 fully saturated rings. The molecule has 0 aliphatic heterocycles. The Morgan fingerprint density at radius 3 is 2.52 bits per heavy atom. The van der Waals surface area contributed by atoms with Crippen molar-refractivity contribution in [3.8, 4) is 0 Å². The van der Waals surface area contributed by atoms with E-state index in [-0.39, 0.29) is 12.2 Å². The predicted molar refractivity (Wildman–Crippen MR) is 99.5 cm³/mol. The average Bonchev–Trinajstić information content (AvgIpc) is 2.65. The van der Waals surface area contributed by atoms with E-state index in [2.05, 4.69) is 22.0 Å². The number of hydrogen-bond donors (Lipinski definition) is 1. The van der Waals surface area contributed by atoms with Crippen LogP contribution < -0.4 is 5.56 Å². The van der Waals surface area contributed by atoms with Crippen molar-refractivity contribution < 1.29 is 5.11 Å². The van der Waals surface area contributed by atoms with Gasteiger partial charge in [0.1, 0.15) is 5.82 Å². The molecule has 0 bridgehead atoms. The summed E-state index contributed by atoms with van der Waals surface area (Å²) in [5, 5.41) is 10.0. The fourth-order valence-corrected chi connectivity index (χ4v) is 2.95. The van der Waals surface area contributed by atoms with Gasteiger partial charge >= 0.3 is 0 Å². The van der Waals surface area contributed by atoms with Crippen LogP contribution in [0.5, 0.6) is 0 Å². The van der Waals surface area contributed by atoms with Crippen molar-refractivity contribution in [3.05, 3.63) is 76.3 Å². The van der Waals surface area contributed by atoms with E-state index in [1.54, 1.807) is 17.7 Å². The molecule has 5 heteroatoms. The number of fused-ring (bicyclic) bond motifs is 1. The van der Waals surface area contributed by atoms with Gasteiger partial charge in [-0.25, -0.2) is 4.98 Å². The summed E-state index contributed by atoms with van der Waals surface area (Å²) in [7, 11) is 1.76. The Bertz CT molecular complexity index is 890. The molecule has 1 N–H and O–H groups in total. The van der Waals surface area contributed by atoms with Gasteiger partial charge in [-0.1, -0.05) is 42.5 Å². The summed E-state index contributed by atoms with van der Waals surface area (Å²) in [6.45, 7) is 1.96. The van der Waals surface area contributed by atoms with E-state index in [4.69, 9.17) is 0 Å². The van der Waals surface area contributed by atoms with E-state index in [9.17, 15) is 9.90 Å². The number of rotatable bonds is 7. The highest BCUT2D eigenvalue weighted by Crippen LogP contribution is 2.10. The van der Waals surface area contributed by atoms with E-state index in [1.165, 1.54) is 5.56 Å². The topological polar surface area (TPSA) is 58.4 Å². The number of aliphatic hydroxyl groups excluding tert-OH is 1. The van der Waals surface area contributed by atoms with E-state index >= 15 is 0 Å². The first kappa shape index (κ1) is 17.3. The van der Waals surface area contributed by atoms with Gasteiger partial charge in [0, 0.05) is 20.1 Å². The molecule has 130 valence electrons. The zero-order chi connectivity index (χ0) is 17.6. The van der Waals surface area contributed by atoms with Crippen molar-refractivity contribution in [1.82, 2.24) is 14.5 Å². The highest BCUT2D eigenvalue weighted by atomic mass is 16.3. The number of aromatic nitrogens is 2. The molecular weight excluding hydrogens is 314 g/mol. The van der Waals surface area contributed by atoms with Crippen LogP contribution in [0.1, 0.15) is 11.4 Å². The van der Waals surface area contributed by atoms with E-state index in [1.807, 2.05) is 36.4 Å². The van der Waals surface area contributed by atoms with Crippen molar-refractivity contribution in [3.63, 3.8) is 0 Å². The van der Waals surface area contributed by atoms with Crippen molar-refractivity contribution in [2.24, 2.45) is 7.05 Å². The third-order valence-electron chi connectivity index (χ3n) is 4.42. The Morgan fingerprint density at radius 2 is 1.76 bits per heavy atom. The Hall–Kier alpha value is -2.50. The molecule has 0 atom stereocenters. The summed E-state index contributed by atoms with van der Waals surface area (Å²) in [6, 6.07) is 17.7. The summed E-state index contributed by atoms with van der Waals surface area (Å²) in [5.74, 6) is 0.713. The average molecular weight is 337 g/mol. The lowest BCUT2D eigenvalue weighted by atomic mass is 10.1. The van der Waals surface area contributed by atoms with Crippen LogP contribution in [-0.4, -0.2) is 39.3 Å². The van der Waals surface area contributed by atoms with Gasteiger partial charge in [-0.2, -0.15) is 0 Å². The van der Waals surface area contributed by atoms with Gasteiger partial charge in [0.2, 0.25) is 0 Å². The molecule has 3 aromatic rings. The van der Waals surface area contributed by atoms with Crippen LogP contribution in [0.15, 0.2) is 59.4 Å². The molecule has 1 aromatic heterocycles. The van der Waals surface area contributed by atoms with Gasteiger partial charge in [0.25, 0.3) is 5.56 Å². The number of hydrogen-bond acceptors (Lipinski definition) is 4. The lowest BCUT2D eigenvalue weighted by Gasteiger charge is -2.22. The Labute approximate surface area is 147 Å². The maximum Gasteiger partial charge on any atom is 0.261 e. The molecule has 25 heavy (non-hydrogen) atoms. The second-order valence-electron chi connectivity index (χ2n) is 6.14. The molecule has 0 amide bonds. The van der Waals surface area contributed by atoms with Gasteiger partial charge in [0.15, 0.2) is 0 Å². The number of nitrogens with zero attached hydrogens (tertiary/aromatic N) is 3. The number of para-hydroxylation sites is 1. The molecule has 0 aliphatic rings. The van der Waals surface area contributed by atoms with Gasteiger partial charge < -0.3 is 5.11 Å². The summed E-state index contributed by atoms with van der Waals surface area (Å²) >= 11 is 0. The first-order chi connectivity index (χ1) is 12.2. The van der Waals surface area contributed by atoms with Gasteiger partial charge in [0.05, 0.1) is 24.1 Å². The highest BCUT2D eigenvalue weighted by molar-refractivity contribution is 5.77. The number of benzene rings is 2. The van der Waals surface area contributed by atoms with Crippen LogP contribution in [-0.2, 0) is 20.0 Å². The first-order valence-electron chi connectivity index (χ1n) is 8.51. The Kier molecular flexibility index (Phi) is 5.58. The summed E-state index contributed by atoms with van der Waals surface area (Å²) in [4.78, 5) is 19.3. The molecule has 0 radical (unpaired) electrons. The molecule has 0 unspecified atom stereocenters. The lowest BCUT2D eigenvalue weighted by Crippen LogP contribution is -2.33. The van der Waals surface area contributed by atoms with Crippen LogP contribution >= 0.6 is 0 Å². The third kappa shape index (κ3) is 4.13. The Balaban J connectivity index is 1.81. The predicted octanol–water partition coefficient (Wildman–Crippen LogP) is 1.97. The summed E-state index contributed by atoms with van der Waals surface area (Å²) in [5.41, 5.74) is 1.94. The molecule has 0 saturated heterocycles. The van der Waals surface area contributed by atoms with Crippen molar-refractivity contribution in [1.29, 1.82) is 0 Å². The standard InChI is InChI=1S/C20H23N3O2/c1-22-19(21-18-10-6-5-9-17(18)20(22)25)15-23(13-14-24)12-11-16-7-3-2-4-8-16/h2-10,24H,11-15H2,1H3. The maximum atomic E-state index is 12.5. The quantitative estimate of drug-likeness (QED) is 0.716. The fraction of sp³-hybridized carbons (Fsp3) is 0.300. The molecule has 2 aromatic carbocycles. The minimum Gasteiger partial charge on any atom is -0.395 e. The van der Waals surface area contributed by atoms with Gasteiger partial charge in [-0.15, -0.1) is 0 Å². The van der Waals surface area contributed by atoms with Crippen LogP contribution in [0.25, 0.3) is 10.9 Å². The van der Waals surface area contributed by atoms with Crippen LogP contribution in [0.3, 0.4) is 0 Å². The zero-order valence-corrected chi connectivity index (χ0v) is 14.4. The minimum atomic E-state index is -0.0346. The third-order valence-corrected chi connectivity index (χ3v) is 4.42. The largest absolute Gasteiger partial charge is 0.395 e. The first-order valence-corrected chi connectivity index (χ1v) is 8.51. The monoisotopic (exact) mass is 337 g/mol. The number of aliphatic hydroxyl groups is 1. The highest BCUT2D eigenvalue weighted by Gasteiger charge is 2.12. The molecular formula is C20H23N3O2. The zero-order valence-electron chi connectivity index (χ0n) is 14.4. The lowest BCUT2D eigenvalue weighted by molar-refractivity contribution is 0.187. The molecule has 5 nitrogen and oxygen atoms in total. The smallest absolute Gasteiger partial charge is 0.261 e. The summed E-state index contributed by atoms with van der Waals surface area (Å²) < 4.78 is 1.61. The normalized spacial score (nSPS) is 11.3. The fourth-order valence-electron chi connectivity index (χ4n) is 2.95. The van der Waals surface area contributed by atoms with Crippen molar-refractivity contribution >= 4 is 10.9 Å². The molecule has 1 heterocycles. The van der Waals surface area contributed by atoms with Crippen LogP contribution in [0, 0.1) is 0 Å². The van der Waals surface area contributed by atoms with Gasteiger partial charge in [-0.3, -0.25) is 14.3 Å². The van der Waals surface area contributed by atoms with E-state index in [0.717, 1.165) is 13.0 Å². The minimum absolute atomic E-state index is 0.0346. The summed E-state index contributed by atoms with van der Waals surface area (Å²) in [6.07, 6.45) is 0.891. The van der Waals surface area contributed by atoms with Gasteiger partial charge in [-0.05, 0) is 24.1 Å².